The van der Waals surface area contributed by atoms with Gasteiger partial charge in [-0.1, -0.05) is 12.1 Å². The first-order valence-electron chi connectivity index (χ1n) is 6.66. The first-order valence-corrected chi connectivity index (χ1v) is 7.47. The normalized spacial score (nSPS) is 18.1. The molecule has 2 N–H and O–H groups in total. The quantitative estimate of drug-likeness (QED) is 0.933. The van der Waals surface area contributed by atoms with E-state index in [9.17, 15) is 0 Å². The van der Waals surface area contributed by atoms with E-state index < -0.39 is 0 Å². The Balaban J connectivity index is 1.71. The van der Waals surface area contributed by atoms with Crippen LogP contribution in [-0.4, -0.2) is 4.98 Å². The van der Waals surface area contributed by atoms with Crippen LogP contribution >= 0.6 is 11.3 Å². The summed E-state index contributed by atoms with van der Waals surface area (Å²) in [4.78, 5) is 5.91. The van der Waals surface area contributed by atoms with Gasteiger partial charge in [0.1, 0.15) is 17.4 Å². The first-order chi connectivity index (χ1) is 9.22. The van der Waals surface area contributed by atoms with Crippen molar-refractivity contribution in [3.63, 3.8) is 0 Å². The SMILES string of the molecule is Cc1cccc(OCc2nc3c(s2)C(N)CCC3)c1. The number of aromatic nitrogens is 1. The average Bonchev–Trinajstić information content (AvgIpc) is 2.81. The summed E-state index contributed by atoms with van der Waals surface area (Å²) in [6.07, 6.45) is 3.29. The third kappa shape index (κ3) is 2.80. The Morgan fingerprint density at radius 3 is 3.16 bits per heavy atom. The summed E-state index contributed by atoms with van der Waals surface area (Å²) >= 11 is 1.71. The van der Waals surface area contributed by atoms with E-state index in [2.05, 4.69) is 18.0 Å². The van der Waals surface area contributed by atoms with Crippen LogP contribution in [-0.2, 0) is 13.0 Å². The molecule has 0 spiro atoms. The monoisotopic (exact) mass is 274 g/mol. The van der Waals surface area contributed by atoms with Gasteiger partial charge in [0.15, 0.2) is 0 Å². The van der Waals surface area contributed by atoms with Gasteiger partial charge in [0, 0.05) is 10.9 Å². The van der Waals surface area contributed by atoms with Gasteiger partial charge >= 0.3 is 0 Å². The molecule has 4 heteroatoms. The van der Waals surface area contributed by atoms with Crippen molar-refractivity contribution in [1.82, 2.24) is 4.98 Å². The second-order valence-electron chi connectivity index (χ2n) is 5.02. The van der Waals surface area contributed by atoms with Gasteiger partial charge in [0.25, 0.3) is 0 Å². The lowest BCUT2D eigenvalue weighted by Gasteiger charge is -2.15. The fraction of sp³-hybridized carbons (Fsp3) is 0.400. The minimum Gasteiger partial charge on any atom is -0.486 e. The highest BCUT2D eigenvalue weighted by Crippen LogP contribution is 2.32. The Kier molecular flexibility index (Phi) is 3.53. The van der Waals surface area contributed by atoms with E-state index in [1.165, 1.54) is 16.1 Å². The van der Waals surface area contributed by atoms with Crippen LogP contribution in [0.3, 0.4) is 0 Å². The summed E-state index contributed by atoms with van der Waals surface area (Å²) in [5.74, 6) is 0.900. The van der Waals surface area contributed by atoms with Gasteiger partial charge < -0.3 is 10.5 Å². The molecule has 0 amide bonds. The number of nitrogens with zero attached hydrogens (tertiary/aromatic N) is 1. The van der Waals surface area contributed by atoms with Crippen molar-refractivity contribution in [2.45, 2.75) is 38.8 Å². The van der Waals surface area contributed by atoms with E-state index in [0.29, 0.717) is 6.61 Å². The number of hydrogen-bond acceptors (Lipinski definition) is 4. The molecule has 0 aliphatic heterocycles. The molecule has 0 saturated carbocycles. The number of ether oxygens (including phenoxy) is 1. The molecule has 0 saturated heterocycles. The van der Waals surface area contributed by atoms with Crippen molar-refractivity contribution in [1.29, 1.82) is 0 Å². The average molecular weight is 274 g/mol. The van der Waals surface area contributed by atoms with Crippen LogP contribution in [0.4, 0.5) is 0 Å². The highest BCUT2D eigenvalue weighted by Gasteiger charge is 2.21. The zero-order valence-corrected chi connectivity index (χ0v) is 11.9. The molecule has 1 aliphatic carbocycles. The fourth-order valence-corrected chi connectivity index (χ4v) is 3.48. The number of rotatable bonds is 3. The topological polar surface area (TPSA) is 48.1 Å². The molecular weight excluding hydrogens is 256 g/mol. The molecule has 2 aromatic rings. The zero-order chi connectivity index (χ0) is 13.2. The number of benzene rings is 1. The van der Waals surface area contributed by atoms with Gasteiger partial charge in [-0.3, -0.25) is 0 Å². The van der Waals surface area contributed by atoms with E-state index in [1.807, 2.05) is 18.2 Å². The smallest absolute Gasteiger partial charge is 0.140 e. The van der Waals surface area contributed by atoms with E-state index in [0.717, 1.165) is 30.0 Å². The molecule has 1 aromatic heterocycles. The summed E-state index contributed by atoms with van der Waals surface area (Å²) in [6, 6.07) is 8.27. The number of fused-ring (bicyclic) bond motifs is 1. The predicted molar refractivity (Wildman–Crippen MR) is 77.5 cm³/mol. The van der Waals surface area contributed by atoms with Gasteiger partial charge in [0.2, 0.25) is 0 Å². The van der Waals surface area contributed by atoms with E-state index in [4.69, 9.17) is 10.5 Å². The van der Waals surface area contributed by atoms with Crippen LogP contribution in [0, 0.1) is 6.92 Å². The lowest BCUT2D eigenvalue weighted by molar-refractivity contribution is 0.305. The van der Waals surface area contributed by atoms with Crippen LogP contribution in [0.1, 0.15) is 40.0 Å². The number of thiazole rings is 1. The molecule has 0 bridgehead atoms. The molecular formula is C15H18N2OS. The molecule has 3 nitrogen and oxygen atoms in total. The van der Waals surface area contributed by atoms with Crippen LogP contribution in [0.25, 0.3) is 0 Å². The number of aryl methyl sites for hydroxylation is 2. The highest BCUT2D eigenvalue weighted by atomic mass is 32.1. The Morgan fingerprint density at radius 2 is 2.37 bits per heavy atom. The molecule has 1 atom stereocenters. The minimum absolute atomic E-state index is 0.175. The van der Waals surface area contributed by atoms with Gasteiger partial charge in [-0.25, -0.2) is 4.98 Å². The second kappa shape index (κ2) is 5.31. The molecule has 0 radical (unpaired) electrons. The lowest BCUT2D eigenvalue weighted by atomic mass is 9.99. The fourth-order valence-electron chi connectivity index (χ4n) is 2.42. The Labute approximate surface area is 117 Å². The molecule has 1 heterocycles. The summed E-state index contributed by atoms with van der Waals surface area (Å²) in [6.45, 7) is 2.60. The van der Waals surface area contributed by atoms with Crippen molar-refractivity contribution >= 4 is 11.3 Å². The van der Waals surface area contributed by atoms with Crippen molar-refractivity contribution in [3.8, 4) is 5.75 Å². The highest BCUT2D eigenvalue weighted by molar-refractivity contribution is 7.11. The molecule has 3 rings (SSSR count). The summed E-state index contributed by atoms with van der Waals surface area (Å²) in [5.41, 5.74) is 8.51. The van der Waals surface area contributed by atoms with Crippen LogP contribution in [0.15, 0.2) is 24.3 Å². The zero-order valence-electron chi connectivity index (χ0n) is 11.1. The third-order valence-corrected chi connectivity index (χ3v) is 4.59. The molecule has 19 heavy (non-hydrogen) atoms. The van der Waals surface area contributed by atoms with Gasteiger partial charge in [-0.05, 0) is 43.9 Å². The van der Waals surface area contributed by atoms with Crippen molar-refractivity contribution in [2.24, 2.45) is 5.73 Å². The largest absolute Gasteiger partial charge is 0.486 e. The second-order valence-corrected chi connectivity index (χ2v) is 6.14. The molecule has 1 aliphatic rings. The van der Waals surface area contributed by atoms with E-state index >= 15 is 0 Å². The summed E-state index contributed by atoms with van der Waals surface area (Å²) < 4.78 is 5.79. The Hall–Kier alpha value is -1.39. The Morgan fingerprint density at radius 1 is 1.47 bits per heavy atom. The maximum atomic E-state index is 6.12. The molecule has 0 fully saturated rings. The molecule has 100 valence electrons. The first kappa shape index (κ1) is 12.6. The standard InChI is InChI=1S/C15H18N2OS/c1-10-4-2-5-11(8-10)18-9-14-17-13-7-3-6-12(16)15(13)19-14/h2,4-5,8,12H,3,6-7,9,16H2,1H3. The number of hydrogen-bond donors (Lipinski definition) is 1. The van der Waals surface area contributed by atoms with Crippen LogP contribution in [0.5, 0.6) is 5.75 Å². The van der Waals surface area contributed by atoms with Crippen molar-refractivity contribution in [2.75, 3.05) is 0 Å². The van der Waals surface area contributed by atoms with Gasteiger partial charge in [0.05, 0.1) is 5.69 Å². The third-order valence-electron chi connectivity index (χ3n) is 3.39. The minimum atomic E-state index is 0.175. The van der Waals surface area contributed by atoms with Gasteiger partial charge in [-0.15, -0.1) is 11.3 Å². The van der Waals surface area contributed by atoms with Crippen molar-refractivity contribution in [3.05, 3.63) is 45.4 Å². The van der Waals surface area contributed by atoms with Crippen molar-refractivity contribution < 1.29 is 4.74 Å². The lowest BCUT2D eigenvalue weighted by Crippen LogP contribution is -2.15. The van der Waals surface area contributed by atoms with Gasteiger partial charge in [-0.2, -0.15) is 0 Å². The Bertz CT molecular complexity index is 579. The summed E-state index contributed by atoms with van der Waals surface area (Å²) in [7, 11) is 0. The molecule has 1 unspecified atom stereocenters. The van der Waals surface area contributed by atoms with Crippen LogP contribution in [0.2, 0.25) is 0 Å². The maximum Gasteiger partial charge on any atom is 0.140 e. The van der Waals surface area contributed by atoms with E-state index in [-0.39, 0.29) is 6.04 Å². The summed E-state index contributed by atoms with van der Waals surface area (Å²) in [5, 5.41) is 1.03. The van der Waals surface area contributed by atoms with E-state index in [1.54, 1.807) is 11.3 Å². The number of nitrogens with two attached hydrogens (primary N) is 1. The molecule has 1 aromatic carbocycles. The van der Waals surface area contributed by atoms with Crippen LogP contribution < -0.4 is 10.5 Å². The predicted octanol–water partition coefficient (Wildman–Crippen LogP) is 3.37. The maximum absolute atomic E-state index is 6.12.